The van der Waals surface area contributed by atoms with Gasteiger partial charge >= 0.3 is 0 Å². The van der Waals surface area contributed by atoms with E-state index in [2.05, 4.69) is 4.98 Å². The molecule has 1 heterocycles. The zero-order valence-electron chi connectivity index (χ0n) is 5.74. The second-order valence-electron chi connectivity index (χ2n) is 1.89. The Morgan fingerprint density at radius 1 is 1.80 bits per heavy atom. The third-order valence-corrected chi connectivity index (χ3v) is 1.88. The van der Waals surface area contributed by atoms with Crippen molar-refractivity contribution >= 4 is 17.4 Å². The Bertz CT molecular complexity index is 229. The van der Waals surface area contributed by atoms with Crippen LogP contribution in [0.25, 0.3) is 6.08 Å². The number of hydrogen-bond donors (Lipinski definition) is 1. The zero-order chi connectivity index (χ0) is 7.40. The molecule has 10 heavy (non-hydrogen) atoms. The summed E-state index contributed by atoms with van der Waals surface area (Å²) in [6.07, 6.45) is 5.32. The molecular formula is C7H9NOS. The van der Waals surface area contributed by atoms with Gasteiger partial charge in [0.2, 0.25) is 0 Å². The monoisotopic (exact) mass is 155 g/mol. The fraction of sp³-hybridized carbons (Fsp3) is 0.286. The highest BCUT2D eigenvalue weighted by Crippen LogP contribution is 2.11. The van der Waals surface area contributed by atoms with Crippen LogP contribution in [0.5, 0.6) is 0 Å². The van der Waals surface area contributed by atoms with Gasteiger partial charge in [-0.25, -0.2) is 4.98 Å². The molecule has 2 nitrogen and oxygen atoms in total. The predicted octanol–water partition coefficient (Wildman–Crippen LogP) is 1.46. The Morgan fingerprint density at radius 3 is 3.10 bits per heavy atom. The number of aliphatic hydroxyl groups excluding tert-OH is 1. The van der Waals surface area contributed by atoms with Gasteiger partial charge in [0.05, 0.1) is 6.61 Å². The highest BCUT2D eigenvalue weighted by molar-refractivity contribution is 7.12. The van der Waals surface area contributed by atoms with Crippen molar-refractivity contribution in [3.8, 4) is 0 Å². The minimum absolute atomic E-state index is 0.0820. The molecule has 3 heteroatoms. The number of thiazole rings is 1. The number of aliphatic hydroxyl groups is 1. The van der Waals surface area contributed by atoms with Gasteiger partial charge in [-0.1, -0.05) is 6.08 Å². The molecule has 0 unspecified atom stereocenters. The SMILES string of the molecule is Cc1cnc(C=CCO)s1. The van der Waals surface area contributed by atoms with E-state index in [1.807, 2.05) is 19.2 Å². The first-order valence-corrected chi connectivity index (χ1v) is 3.84. The molecule has 1 aromatic rings. The predicted molar refractivity (Wildman–Crippen MR) is 43.0 cm³/mol. The highest BCUT2D eigenvalue weighted by Gasteiger charge is 1.90. The van der Waals surface area contributed by atoms with Gasteiger partial charge in [0.25, 0.3) is 0 Å². The van der Waals surface area contributed by atoms with Crippen molar-refractivity contribution in [1.82, 2.24) is 4.98 Å². The lowest BCUT2D eigenvalue weighted by Crippen LogP contribution is -1.70. The van der Waals surface area contributed by atoms with Crippen molar-refractivity contribution in [3.05, 3.63) is 22.2 Å². The summed E-state index contributed by atoms with van der Waals surface area (Å²) < 4.78 is 0. The van der Waals surface area contributed by atoms with Crippen molar-refractivity contribution in [2.24, 2.45) is 0 Å². The molecule has 0 amide bonds. The van der Waals surface area contributed by atoms with Crippen LogP contribution in [0, 0.1) is 6.92 Å². The fourth-order valence-electron chi connectivity index (χ4n) is 0.603. The summed E-state index contributed by atoms with van der Waals surface area (Å²) in [4.78, 5) is 5.27. The molecule has 0 aromatic carbocycles. The number of nitrogens with zero attached hydrogens (tertiary/aromatic N) is 1. The highest BCUT2D eigenvalue weighted by atomic mass is 32.1. The summed E-state index contributed by atoms with van der Waals surface area (Å²) in [6.45, 7) is 2.09. The van der Waals surface area contributed by atoms with Crippen molar-refractivity contribution < 1.29 is 5.11 Å². The van der Waals surface area contributed by atoms with E-state index in [0.717, 1.165) is 5.01 Å². The summed E-state index contributed by atoms with van der Waals surface area (Å²) in [5.41, 5.74) is 0. The minimum atomic E-state index is 0.0820. The first-order valence-electron chi connectivity index (χ1n) is 3.03. The molecule has 0 spiro atoms. The molecule has 0 fully saturated rings. The van der Waals surface area contributed by atoms with E-state index in [-0.39, 0.29) is 6.61 Å². The quantitative estimate of drug-likeness (QED) is 0.701. The lowest BCUT2D eigenvalue weighted by atomic mass is 10.5. The van der Waals surface area contributed by atoms with Crippen LogP contribution in [0.15, 0.2) is 12.3 Å². The van der Waals surface area contributed by atoms with Gasteiger partial charge < -0.3 is 5.11 Å². The van der Waals surface area contributed by atoms with Crippen molar-refractivity contribution in [1.29, 1.82) is 0 Å². The average Bonchev–Trinajstić information content (AvgIpc) is 2.31. The van der Waals surface area contributed by atoms with Crippen LogP contribution in [0.4, 0.5) is 0 Å². The molecule has 0 atom stereocenters. The van der Waals surface area contributed by atoms with Crippen LogP contribution in [0.3, 0.4) is 0 Å². The second kappa shape index (κ2) is 3.49. The lowest BCUT2D eigenvalue weighted by Gasteiger charge is -1.78. The Balaban J connectivity index is 2.67. The maximum atomic E-state index is 8.42. The van der Waals surface area contributed by atoms with Gasteiger partial charge in [-0.15, -0.1) is 11.3 Å². The zero-order valence-corrected chi connectivity index (χ0v) is 6.56. The van der Waals surface area contributed by atoms with E-state index in [0.29, 0.717) is 0 Å². The molecule has 0 saturated carbocycles. The molecule has 54 valence electrons. The Kier molecular flexibility index (Phi) is 2.59. The normalized spacial score (nSPS) is 11.0. The van der Waals surface area contributed by atoms with Gasteiger partial charge in [-0.3, -0.25) is 0 Å². The molecule has 0 aliphatic carbocycles. The molecule has 1 N–H and O–H groups in total. The Hall–Kier alpha value is -0.670. The minimum Gasteiger partial charge on any atom is -0.392 e. The molecule has 1 aromatic heterocycles. The third-order valence-electron chi connectivity index (χ3n) is 1.00. The van der Waals surface area contributed by atoms with Crippen LogP contribution in [0.1, 0.15) is 9.88 Å². The molecule has 0 aliphatic heterocycles. The van der Waals surface area contributed by atoms with Crippen LogP contribution >= 0.6 is 11.3 Å². The first kappa shape index (κ1) is 7.44. The molecule has 1 rings (SSSR count). The summed E-state index contributed by atoms with van der Waals surface area (Å²) in [5.74, 6) is 0. The van der Waals surface area contributed by atoms with Crippen LogP contribution < -0.4 is 0 Å². The maximum Gasteiger partial charge on any atom is 0.116 e. The second-order valence-corrected chi connectivity index (χ2v) is 3.16. The van der Waals surface area contributed by atoms with Gasteiger partial charge in [0.15, 0.2) is 0 Å². The number of aromatic nitrogens is 1. The van der Waals surface area contributed by atoms with Gasteiger partial charge in [-0.2, -0.15) is 0 Å². The lowest BCUT2D eigenvalue weighted by molar-refractivity contribution is 0.343. The van der Waals surface area contributed by atoms with Crippen LogP contribution in [0.2, 0.25) is 0 Å². The largest absolute Gasteiger partial charge is 0.392 e. The van der Waals surface area contributed by atoms with Gasteiger partial charge in [-0.05, 0) is 13.0 Å². The van der Waals surface area contributed by atoms with E-state index in [4.69, 9.17) is 5.11 Å². The molecule has 0 saturated heterocycles. The van der Waals surface area contributed by atoms with E-state index >= 15 is 0 Å². The molecule has 0 aliphatic rings. The van der Waals surface area contributed by atoms with Crippen molar-refractivity contribution in [2.75, 3.05) is 6.61 Å². The summed E-state index contributed by atoms with van der Waals surface area (Å²) >= 11 is 1.62. The number of rotatable bonds is 2. The summed E-state index contributed by atoms with van der Waals surface area (Å²) in [6, 6.07) is 0. The number of aryl methyl sites for hydroxylation is 1. The smallest absolute Gasteiger partial charge is 0.116 e. The molecule has 0 radical (unpaired) electrons. The van der Waals surface area contributed by atoms with Crippen LogP contribution in [-0.4, -0.2) is 16.7 Å². The van der Waals surface area contributed by atoms with Gasteiger partial charge in [0, 0.05) is 11.1 Å². The van der Waals surface area contributed by atoms with E-state index in [1.54, 1.807) is 17.4 Å². The molecule has 0 bridgehead atoms. The third kappa shape index (κ3) is 1.93. The standard InChI is InChI=1S/C7H9NOS/c1-6-5-8-7(10-6)3-2-4-9/h2-3,5,9H,4H2,1H3. The van der Waals surface area contributed by atoms with Crippen molar-refractivity contribution in [2.45, 2.75) is 6.92 Å². The van der Waals surface area contributed by atoms with Gasteiger partial charge in [0.1, 0.15) is 5.01 Å². The van der Waals surface area contributed by atoms with E-state index < -0.39 is 0 Å². The number of hydrogen-bond acceptors (Lipinski definition) is 3. The Labute approximate surface area is 63.9 Å². The molecular weight excluding hydrogens is 146 g/mol. The average molecular weight is 155 g/mol. The summed E-state index contributed by atoms with van der Waals surface area (Å²) in [5, 5.41) is 9.37. The maximum absolute atomic E-state index is 8.42. The van der Waals surface area contributed by atoms with E-state index in [9.17, 15) is 0 Å². The Morgan fingerprint density at radius 2 is 2.60 bits per heavy atom. The van der Waals surface area contributed by atoms with Crippen LogP contribution in [-0.2, 0) is 0 Å². The van der Waals surface area contributed by atoms with Crippen molar-refractivity contribution in [3.63, 3.8) is 0 Å². The fourth-order valence-corrected chi connectivity index (χ4v) is 1.31. The first-order chi connectivity index (χ1) is 4.83. The summed E-state index contributed by atoms with van der Waals surface area (Å²) in [7, 11) is 0. The topological polar surface area (TPSA) is 33.1 Å². The van der Waals surface area contributed by atoms with E-state index in [1.165, 1.54) is 4.88 Å².